The molecule has 0 N–H and O–H groups in total. The summed E-state index contributed by atoms with van der Waals surface area (Å²) in [5.74, 6) is -2.97. The first-order valence-electron chi connectivity index (χ1n) is 24.0. The number of pyridine rings is 2. The standard InChI is InChI=1S/C65H44F4N4/c1-65(2,63-39-55(37-61(70-63)57-29-23-49(66)35-59(57)68)72(51-25-19-41-11-3-7-15-45(41)31-51)52-26-20-42-12-4-8-16-46(42)32-52)64-40-56(38-62(71-64)58-30-24-50(67)36-60(58)69)73(53-27-21-43-13-5-9-17-47(43)33-53)54-28-22-44-14-6-10-18-48(44)34-54/h3-40H,1-2H3. The molecule has 0 aliphatic carbocycles. The third-order valence-corrected chi connectivity index (χ3v) is 13.8. The van der Waals surface area contributed by atoms with Crippen LogP contribution < -0.4 is 9.80 Å². The number of fused-ring (bicyclic) bond motifs is 4. The molecule has 0 amide bonds. The summed E-state index contributed by atoms with van der Waals surface area (Å²) in [5.41, 5.74) is 5.26. The molecule has 0 bridgehead atoms. The van der Waals surface area contributed by atoms with Crippen LogP contribution in [0.15, 0.2) is 231 Å². The highest BCUT2D eigenvalue weighted by Crippen LogP contribution is 2.45. The maximum Gasteiger partial charge on any atom is 0.135 e. The van der Waals surface area contributed by atoms with Crippen molar-refractivity contribution >= 4 is 77.2 Å². The van der Waals surface area contributed by atoms with Crippen LogP contribution in [0.3, 0.4) is 0 Å². The van der Waals surface area contributed by atoms with E-state index in [4.69, 9.17) is 9.97 Å². The monoisotopic (exact) mass is 956 g/mol. The number of aromatic nitrogens is 2. The lowest BCUT2D eigenvalue weighted by Gasteiger charge is -2.32. The fourth-order valence-corrected chi connectivity index (χ4v) is 9.89. The summed E-state index contributed by atoms with van der Waals surface area (Å²) in [7, 11) is 0. The van der Waals surface area contributed by atoms with Crippen LogP contribution >= 0.6 is 0 Å². The lowest BCUT2D eigenvalue weighted by molar-refractivity contribution is 0.582. The number of rotatable bonds is 10. The van der Waals surface area contributed by atoms with Gasteiger partial charge in [0.2, 0.25) is 0 Å². The van der Waals surface area contributed by atoms with Crippen LogP contribution in [0, 0.1) is 23.3 Å². The average molecular weight is 957 g/mol. The molecule has 12 aromatic rings. The zero-order chi connectivity index (χ0) is 49.8. The highest BCUT2D eigenvalue weighted by Gasteiger charge is 2.32. The van der Waals surface area contributed by atoms with Gasteiger partial charge in [-0.1, -0.05) is 121 Å². The van der Waals surface area contributed by atoms with Crippen LogP contribution in [-0.4, -0.2) is 9.97 Å². The molecule has 73 heavy (non-hydrogen) atoms. The van der Waals surface area contributed by atoms with Gasteiger partial charge in [0.05, 0.1) is 34.2 Å². The lowest BCUT2D eigenvalue weighted by atomic mass is 9.83. The topological polar surface area (TPSA) is 32.3 Å². The third-order valence-electron chi connectivity index (χ3n) is 13.8. The summed E-state index contributed by atoms with van der Waals surface area (Å²) in [6.07, 6.45) is 0. The summed E-state index contributed by atoms with van der Waals surface area (Å²) >= 11 is 0. The summed E-state index contributed by atoms with van der Waals surface area (Å²) in [6.45, 7) is 3.96. The molecule has 0 aliphatic rings. The molecule has 352 valence electrons. The van der Waals surface area contributed by atoms with Gasteiger partial charge in [0, 0.05) is 51.4 Å². The molecular formula is C65H44F4N4. The van der Waals surface area contributed by atoms with Crippen LogP contribution in [0.4, 0.5) is 51.7 Å². The minimum atomic E-state index is -1.11. The Bertz CT molecular complexity index is 3690. The van der Waals surface area contributed by atoms with Gasteiger partial charge in [-0.05, 0) is 154 Å². The fraction of sp³-hybridized carbons (Fsp3) is 0.0462. The second kappa shape index (κ2) is 18.2. The zero-order valence-corrected chi connectivity index (χ0v) is 39.7. The summed E-state index contributed by atoms with van der Waals surface area (Å²) < 4.78 is 61.7. The molecule has 0 spiro atoms. The van der Waals surface area contributed by atoms with Crippen LogP contribution in [0.2, 0.25) is 0 Å². The molecule has 2 heterocycles. The number of halogens is 4. The van der Waals surface area contributed by atoms with Crippen LogP contribution in [0.1, 0.15) is 25.2 Å². The second-order valence-electron chi connectivity index (χ2n) is 18.9. The fourth-order valence-electron chi connectivity index (χ4n) is 9.89. The van der Waals surface area contributed by atoms with Crippen molar-refractivity contribution in [3.05, 3.63) is 265 Å². The molecule has 0 radical (unpaired) electrons. The first-order chi connectivity index (χ1) is 35.5. The third kappa shape index (κ3) is 8.57. The van der Waals surface area contributed by atoms with Crippen LogP contribution in [0.5, 0.6) is 0 Å². The largest absolute Gasteiger partial charge is 0.310 e. The molecule has 0 saturated heterocycles. The van der Waals surface area contributed by atoms with Crippen molar-refractivity contribution < 1.29 is 17.6 Å². The van der Waals surface area contributed by atoms with E-state index in [-0.39, 0.29) is 22.5 Å². The van der Waals surface area contributed by atoms with Crippen molar-refractivity contribution in [1.29, 1.82) is 0 Å². The van der Waals surface area contributed by atoms with Crippen molar-refractivity contribution in [3.8, 4) is 22.5 Å². The predicted octanol–water partition coefficient (Wildman–Crippen LogP) is 18.2. The smallest absolute Gasteiger partial charge is 0.135 e. The molecule has 0 atom stereocenters. The van der Waals surface area contributed by atoms with E-state index >= 15 is 8.78 Å². The molecule has 8 heteroatoms. The van der Waals surface area contributed by atoms with Crippen molar-refractivity contribution in [2.75, 3.05) is 9.80 Å². The van der Waals surface area contributed by atoms with E-state index in [1.807, 2.05) is 86.6 Å². The van der Waals surface area contributed by atoms with Gasteiger partial charge < -0.3 is 9.80 Å². The molecule has 0 unspecified atom stereocenters. The quantitative estimate of drug-likeness (QED) is 0.128. The minimum Gasteiger partial charge on any atom is -0.310 e. The Hall–Kier alpha value is -9.14. The van der Waals surface area contributed by atoms with Crippen molar-refractivity contribution in [1.82, 2.24) is 9.97 Å². The number of hydrogen-bond acceptors (Lipinski definition) is 4. The van der Waals surface area contributed by atoms with Gasteiger partial charge in [0.1, 0.15) is 23.3 Å². The second-order valence-corrected chi connectivity index (χ2v) is 18.9. The molecule has 10 aromatic carbocycles. The van der Waals surface area contributed by atoms with Crippen LogP contribution in [-0.2, 0) is 5.41 Å². The normalized spacial score (nSPS) is 11.7. The van der Waals surface area contributed by atoms with Gasteiger partial charge in [-0.3, -0.25) is 9.97 Å². The number of benzene rings is 10. The Kier molecular flexibility index (Phi) is 11.2. The van der Waals surface area contributed by atoms with E-state index in [1.54, 1.807) is 0 Å². The highest BCUT2D eigenvalue weighted by molar-refractivity contribution is 5.95. The van der Waals surface area contributed by atoms with E-state index < -0.39 is 28.7 Å². The molecule has 2 aromatic heterocycles. The molecule has 0 fully saturated rings. The first-order valence-corrected chi connectivity index (χ1v) is 24.0. The van der Waals surface area contributed by atoms with Crippen molar-refractivity contribution in [2.45, 2.75) is 19.3 Å². The van der Waals surface area contributed by atoms with Gasteiger partial charge in [-0.25, -0.2) is 17.6 Å². The van der Waals surface area contributed by atoms with Gasteiger partial charge in [0.15, 0.2) is 0 Å². The first kappa shape index (κ1) is 45.0. The van der Waals surface area contributed by atoms with Gasteiger partial charge in [0.25, 0.3) is 0 Å². The maximum absolute atomic E-state index is 16.2. The molecule has 0 saturated carbocycles. The van der Waals surface area contributed by atoms with E-state index in [9.17, 15) is 8.78 Å². The van der Waals surface area contributed by atoms with E-state index in [1.165, 1.54) is 24.3 Å². The average Bonchev–Trinajstić information content (AvgIpc) is 3.41. The van der Waals surface area contributed by atoms with Crippen molar-refractivity contribution in [2.24, 2.45) is 0 Å². The molecular weight excluding hydrogens is 913 g/mol. The van der Waals surface area contributed by atoms with E-state index in [0.717, 1.165) is 78.0 Å². The van der Waals surface area contributed by atoms with Crippen LogP contribution in [0.25, 0.3) is 65.6 Å². The molecule has 0 aliphatic heterocycles. The summed E-state index contributed by atoms with van der Waals surface area (Å²) in [6, 6.07) is 72.2. The zero-order valence-electron chi connectivity index (χ0n) is 39.7. The SMILES string of the molecule is CC(C)(c1cc(N(c2ccc3ccccc3c2)c2ccc3ccccc3c2)cc(-c2ccc(F)cc2F)n1)c1cc(N(c2ccc3ccccc3c2)c2ccc3ccccc3c2)cc(-c2ccc(F)cc2F)n1. The Morgan fingerprint density at radius 2 is 0.603 bits per heavy atom. The molecule has 4 nitrogen and oxygen atoms in total. The predicted molar refractivity (Wildman–Crippen MR) is 291 cm³/mol. The summed E-state index contributed by atoms with van der Waals surface area (Å²) in [5, 5.41) is 8.35. The summed E-state index contributed by atoms with van der Waals surface area (Å²) in [4.78, 5) is 14.7. The van der Waals surface area contributed by atoms with Gasteiger partial charge in [-0.2, -0.15) is 0 Å². The lowest BCUT2D eigenvalue weighted by Crippen LogP contribution is -2.24. The van der Waals surface area contributed by atoms with E-state index in [0.29, 0.717) is 22.8 Å². The highest BCUT2D eigenvalue weighted by atomic mass is 19.1. The Labute approximate surface area is 419 Å². The minimum absolute atomic E-state index is 0.104. The number of nitrogens with zero attached hydrogens (tertiary/aromatic N) is 4. The Morgan fingerprint density at radius 3 is 0.904 bits per heavy atom. The van der Waals surface area contributed by atoms with Gasteiger partial charge >= 0.3 is 0 Å². The number of anilines is 6. The Morgan fingerprint density at radius 1 is 0.301 bits per heavy atom. The van der Waals surface area contributed by atoms with Crippen molar-refractivity contribution in [3.63, 3.8) is 0 Å². The van der Waals surface area contributed by atoms with Gasteiger partial charge in [-0.15, -0.1) is 0 Å². The number of hydrogen-bond donors (Lipinski definition) is 0. The molecule has 12 rings (SSSR count). The van der Waals surface area contributed by atoms with E-state index in [2.05, 4.69) is 131 Å². The Balaban J connectivity index is 1.11. The maximum atomic E-state index is 16.2.